The number of phenols is 1. The van der Waals surface area contributed by atoms with Crippen LogP contribution in [0.2, 0.25) is 0 Å². The highest BCUT2D eigenvalue weighted by Gasteiger charge is 2.20. The van der Waals surface area contributed by atoms with Crippen LogP contribution in [0.3, 0.4) is 0 Å². The second-order valence-corrected chi connectivity index (χ2v) is 7.53. The van der Waals surface area contributed by atoms with Crippen molar-refractivity contribution >= 4 is 14.5 Å². The zero-order valence-electron chi connectivity index (χ0n) is 14.4. The van der Waals surface area contributed by atoms with Crippen molar-refractivity contribution in [3.63, 3.8) is 0 Å². The first kappa shape index (κ1) is 18.7. The Morgan fingerprint density at radius 1 is 1.05 bits per heavy atom. The maximum absolute atomic E-state index is 9.02. The lowest BCUT2D eigenvalue weighted by molar-refractivity contribution is 0.400. The molecule has 120 valence electrons. The van der Waals surface area contributed by atoms with E-state index >= 15 is 0 Å². The summed E-state index contributed by atoms with van der Waals surface area (Å²) in [5.74, 6) is 1.10. The Morgan fingerprint density at radius 2 is 1.64 bits per heavy atom. The van der Waals surface area contributed by atoms with Gasteiger partial charge in [-0.05, 0) is 42.4 Å². The van der Waals surface area contributed by atoms with Gasteiger partial charge < -0.3 is 5.11 Å². The average molecular weight is 316 g/mol. The van der Waals surface area contributed by atoms with Gasteiger partial charge in [-0.1, -0.05) is 69.7 Å². The molecule has 1 unspecified atom stereocenters. The highest BCUT2D eigenvalue weighted by atomic mass is 31.0. The van der Waals surface area contributed by atoms with Crippen LogP contribution in [0, 0.1) is 12.8 Å². The van der Waals surface area contributed by atoms with E-state index in [2.05, 4.69) is 67.3 Å². The molecule has 0 saturated heterocycles. The van der Waals surface area contributed by atoms with E-state index in [1.54, 1.807) is 6.07 Å². The van der Waals surface area contributed by atoms with Gasteiger partial charge >= 0.3 is 0 Å². The first-order valence-corrected chi connectivity index (χ1v) is 8.40. The second-order valence-electron chi connectivity index (χ2n) is 6.91. The third kappa shape index (κ3) is 6.20. The molecule has 0 aromatic heterocycles. The second kappa shape index (κ2) is 8.34. The molecule has 2 aromatic carbocycles. The fraction of sp³-hybridized carbons (Fsp3) is 0.400. The Bertz CT molecular complexity index is 574. The smallest absolute Gasteiger partial charge is 0.122 e. The van der Waals surface area contributed by atoms with E-state index in [0.717, 1.165) is 16.8 Å². The monoisotopic (exact) mass is 316 g/mol. The summed E-state index contributed by atoms with van der Waals surface area (Å²) in [4.78, 5) is 0. The van der Waals surface area contributed by atoms with Gasteiger partial charge in [-0.25, -0.2) is 0 Å². The molecule has 22 heavy (non-hydrogen) atoms. The van der Waals surface area contributed by atoms with Crippen molar-refractivity contribution in [1.82, 2.24) is 0 Å². The maximum atomic E-state index is 9.02. The first-order valence-electron chi connectivity index (χ1n) is 7.83. The van der Waals surface area contributed by atoms with Gasteiger partial charge in [0.05, 0.1) is 0 Å². The van der Waals surface area contributed by atoms with Gasteiger partial charge in [0.2, 0.25) is 0 Å². The number of phenolic OH excluding ortho intramolecular Hbond substituents is 1. The Hall–Kier alpha value is -1.33. The maximum Gasteiger partial charge on any atom is 0.122 e. The Balaban J connectivity index is 0.000000235. The fourth-order valence-corrected chi connectivity index (χ4v) is 3.06. The van der Waals surface area contributed by atoms with Gasteiger partial charge in [-0.2, -0.15) is 0 Å². The Labute approximate surface area is 138 Å². The third-order valence-electron chi connectivity index (χ3n) is 3.66. The molecule has 1 atom stereocenters. The molecule has 0 fully saturated rings. The minimum atomic E-state index is 0.315. The minimum Gasteiger partial charge on any atom is -0.507 e. The van der Waals surface area contributed by atoms with Gasteiger partial charge in [-0.15, -0.1) is 9.24 Å². The number of rotatable bonds is 3. The molecular formula is C20H29OP. The third-order valence-corrected chi connectivity index (χ3v) is 4.12. The van der Waals surface area contributed by atoms with Crippen LogP contribution in [0.5, 0.6) is 5.75 Å². The summed E-state index contributed by atoms with van der Waals surface area (Å²) >= 11 is 0. The van der Waals surface area contributed by atoms with Crippen molar-refractivity contribution in [3.8, 4) is 5.75 Å². The number of aryl methyl sites for hydroxylation is 1. The Kier molecular flexibility index (Phi) is 7.10. The average Bonchev–Trinajstić information content (AvgIpc) is 2.44. The van der Waals surface area contributed by atoms with Crippen LogP contribution in [0.25, 0.3) is 0 Å². The van der Waals surface area contributed by atoms with Crippen LogP contribution in [-0.4, -0.2) is 5.11 Å². The molecule has 0 amide bonds. The van der Waals surface area contributed by atoms with Crippen molar-refractivity contribution in [2.75, 3.05) is 0 Å². The molecule has 2 heteroatoms. The van der Waals surface area contributed by atoms with E-state index in [1.807, 2.05) is 19.1 Å². The van der Waals surface area contributed by atoms with Crippen LogP contribution in [0.4, 0.5) is 0 Å². The van der Waals surface area contributed by atoms with E-state index in [0.29, 0.717) is 11.2 Å². The van der Waals surface area contributed by atoms with Crippen LogP contribution >= 0.6 is 9.24 Å². The molecule has 2 aromatic rings. The molecule has 1 N–H and O–H groups in total. The summed E-state index contributed by atoms with van der Waals surface area (Å²) in [6.07, 6.45) is 1.25. The number of hydrogen-bond acceptors (Lipinski definition) is 1. The lowest BCUT2D eigenvalue weighted by Crippen LogP contribution is -2.19. The number of benzene rings is 2. The molecule has 0 saturated carbocycles. The van der Waals surface area contributed by atoms with Crippen molar-refractivity contribution < 1.29 is 5.11 Å². The molecule has 0 spiro atoms. The van der Waals surface area contributed by atoms with Gasteiger partial charge in [0.1, 0.15) is 5.75 Å². The lowest BCUT2D eigenvalue weighted by Gasteiger charge is -2.27. The molecule has 1 nitrogen and oxygen atoms in total. The standard InChI is InChI=1S/C13H20.C7H9OP/c1-11(2)10-13(3,4)12-8-6-5-7-9-12;1-5-2-3-6(8)7(9)4-5/h5-9,11H,10H2,1-4H3;2-4,8H,9H2,1H3. The summed E-state index contributed by atoms with van der Waals surface area (Å²) in [5.41, 5.74) is 2.93. The molecule has 0 bridgehead atoms. The first-order chi connectivity index (χ1) is 10.2. The summed E-state index contributed by atoms with van der Waals surface area (Å²) in [7, 11) is 2.47. The summed E-state index contributed by atoms with van der Waals surface area (Å²) < 4.78 is 0. The summed E-state index contributed by atoms with van der Waals surface area (Å²) in [6, 6.07) is 16.3. The highest BCUT2D eigenvalue weighted by molar-refractivity contribution is 7.27. The van der Waals surface area contributed by atoms with Crippen molar-refractivity contribution in [1.29, 1.82) is 0 Å². The zero-order chi connectivity index (χ0) is 16.8. The van der Waals surface area contributed by atoms with E-state index in [-0.39, 0.29) is 0 Å². The zero-order valence-corrected chi connectivity index (χ0v) is 15.6. The van der Waals surface area contributed by atoms with Crippen LogP contribution in [-0.2, 0) is 5.41 Å². The lowest BCUT2D eigenvalue weighted by atomic mass is 9.78. The minimum absolute atomic E-state index is 0.315. The fourth-order valence-electron chi connectivity index (χ4n) is 2.70. The summed E-state index contributed by atoms with van der Waals surface area (Å²) in [5, 5.41) is 9.88. The topological polar surface area (TPSA) is 20.2 Å². The Morgan fingerprint density at radius 3 is 2.09 bits per heavy atom. The largest absolute Gasteiger partial charge is 0.507 e. The molecule has 0 radical (unpaired) electrons. The van der Waals surface area contributed by atoms with Gasteiger partial charge in [0.25, 0.3) is 0 Å². The number of aromatic hydroxyl groups is 1. The highest BCUT2D eigenvalue weighted by Crippen LogP contribution is 2.29. The van der Waals surface area contributed by atoms with Crippen LogP contribution in [0.1, 0.15) is 45.2 Å². The van der Waals surface area contributed by atoms with E-state index < -0.39 is 0 Å². The van der Waals surface area contributed by atoms with Crippen LogP contribution in [0.15, 0.2) is 48.5 Å². The predicted octanol–water partition coefficient (Wildman–Crippen LogP) is 5.21. The normalized spacial score (nSPS) is 11.0. The van der Waals surface area contributed by atoms with Crippen molar-refractivity contribution in [2.24, 2.45) is 5.92 Å². The van der Waals surface area contributed by atoms with E-state index in [9.17, 15) is 0 Å². The van der Waals surface area contributed by atoms with E-state index in [4.69, 9.17) is 5.11 Å². The van der Waals surface area contributed by atoms with Crippen LogP contribution < -0.4 is 5.30 Å². The molecule has 2 rings (SSSR count). The van der Waals surface area contributed by atoms with Crippen molar-refractivity contribution in [3.05, 3.63) is 59.7 Å². The molecule has 0 aliphatic carbocycles. The molecular weight excluding hydrogens is 287 g/mol. The molecule has 0 aliphatic heterocycles. The quantitative estimate of drug-likeness (QED) is 0.771. The summed E-state index contributed by atoms with van der Waals surface area (Å²) in [6.45, 7) is 11.2. The van der Waals surface area contributed by atoms with Crippen molar-refractivity contribution in [2.45, 2.75) is 46.5 Å². The molecule has 0 heterocycles. The predicted molar refractivity (Wildman–Crippen MR) is 101 cm³/mol. The SMILES string of the molecule is CC(C)CC(C)(C)c1ccccc1.Cc1ccc(O)c(P)c1. The molecule has 0 aliphatic rings. The van der Waals surface area contributed by atoms with E-state index in [1.165, 1.54) is 12.0 Å². The number of hydrogen-bond donors (Lipinski definition) is 1. The van der Waals surface area contributed by atoms with Gasteiger partial charge in [0.15, 0.2) is 0 Å². The van der Waals surface area contributed by atoms with Gasteiger partial charge in [0, 0.05) is 5.30 Å². The van der Waals surface area contributed by atoms with Gasteiger partial charge in [-0.3, -0.25) is 0 Å².